The minimum absolute atomic E-state index is 0.0692. The number of aliphatic carboxylic acids is 2. The van der Waals surface area contributed by atoms with Crippen molar-refractivity contribution in [3.8, 4) is 0 Å². The summed E-state index contributed by atoms with van der Waals surface area (Å²) in [7, 11) is 0. The lowest BCUT2D eigenvalue weighted by molar-refractivity contribution is -0.192. The number of ether oxygens (including phenoxy) is 1. The molecule has 1 aromatic rings. The molecule has 4 atom stereocenters. The number of nitrogens with one attached hydrogen (secondary N) is 1. The van der Waals surface area contributed by atoms with E-state index in [1.807, 2.05) is 25.1 Å². The zero-order valence-corrected chi connectivity index (χ0v) is 14.3. The third-order valence-electron chi connectivity index (χ3n) is 4.27. The molecule has 2 aliphatic rings. The van der Waals surface area contributed by atoms with Crippen molar-refractivity contribution in [2.45, 2.75) is 44.2 Å². The van der Waals surface area contributed by atoms with Crippen LogP contribution < -0.4 is 5.32 Å². The minimum Gasteiger partial charge on any atom is -0.481 e. The molecular formula is C16H17ClF3NO5. The maximum Gasteiger partial charge on any atom is 0.490 e. The van der Waals surface area contributed by atoms with Crippen molar-refractivity contribution in [3.05, 3.63) is 28.8 Å². The molecule has 0 radical (unpaired) electrons. The van der Waals surface area contributed by atoms with Crippen molar-refractivity contribution in [2.24, 2.45) is 5.92 Å². The molecule has 144 valence electrons. The number of hydrogen-bond acceptors (Lipinski definition) is 4. The van der Waals surface area contributed by atoms with E-state index in [1.165, 1.54) is 0 Å². The van der Waals surface area contributed by atoms with Crippen LogP contribution in [0.3, 0.4) is 0 Å². The van der Waals surface area contributed by atoms with Crippen LogP contribution in [0.5, 0.6) is 0 Å². The van der Waals surface area contributed by atoms with Crippen molar-refractivity contribution in [1.82, 2.24) is 0 Å². The van der Waals surface area contributed by atoms with Gasteiger partial charge in [0.2, 0.25) is 0 Å². The zero-order chi connectivity index (χ0) is 19.6. The predicted octanol–water partition coefficient (Wildman–Crippen LogP) is 3.32. The van der Waals surface area contributed by atoms with Gasteiger partial charge in [0, 0.05) is 10.7 Å². The van der Waals surface area contributed by atoms with Gasteiger partial charge in [-0.15, -0.1) is 0 Å². The van der Waals surface area contributed by atoms with Crippen molar-refractivity contribution >= 4 is 29.2 Å². The molecule has 6 nitrogen and oxygen atoms in total. The van der Waals surface area contributed by atoms with Gasteiger partial charge in [0.15, 0.2) is 0 Å². The molecule has 10 heteroatoms. The summed E-state index contributed by atoms with van der Waals surface area (Å²) in [5.41, 5.74) is 2.05. The molecule has 0 aliphatic carbocycles. The molecule has 0 spiro atoms. The summed E-state index contributed by atoms with van der Waals surface area (Å²) >= 11 is 5.93. The van der Waals surface area contributed by atoms with Crippen LogP contribution >= 0.6 is 11.6 Å². The zero-order valence-electron chi connectivity index (χ0n) is 13.6. The van der Waals surface area contributed by atoms with E-state index in [1.54, 1.807) is 0 Å². The third-order valence-corrected chi connectivity index (χ3v) is 4.50. The third kappa shape index (κ3) is 4.79. The highest BCUT2D eigenvalue weighted by atomic mass is 35.5. The predicted molar refractivity (Wildman–Crippen MR) is 86.3 cm³/mol. The van der Waals surface area contributed by atoms with E-state index in [-0.39, 0.29) is 24.2 Å². The normalized spacial score (nSPS) is 26.8. The number of benzene rings is 1. The van der Waals surface area contributed by atoms with E-state index in [4.69, 9.17) is 26.2 Å². The number of alkyl halides is 3. The number of halogens is 4. The number of carboxylic acids is 2. The van der Waals surface area contributed by atoms with Gasteiger partial charge in [0.05, 0.1) is 24.2 Å². The van der Waals surface area contributed by atoms with E-state index in [2.05, 4.69) is 5.32 Å². The van der Waals surface area contributed by atoms with E-state index in [0.717, 1.165) is 17.7 Å². The summed E-state index contributed by atoms with van der Waals surface area (Å²) in [6.45, 7) is 1.98. The van der Waals surface area contributed by atoms with Gasteiger partial charge in [-0.2, -0.15) is 13.2 Å². The number of carbonyl (C=O) groups is 2. The molecular weight excluding hydrogens is 379 g/mol. The van der Waals surface area contributed by atoms with E-state index < -0.39 is 18.1 Å². The molecule has 0 saturated carbocycles. The molecule has 1 aromatic carbocycles. The van der Waals surface area contributed by atoms with E-state index >= 15 is 0 Å². The Balaban J connectivity index is 0.000000298. The van der Waals surface area contributed by atoms with Crippen molar-refractivity contribution in [2.75, 3.05) is 5.32 Å². The number of fused-ring (bicyclic) bond motifs is 2. The fourth-order valence-corrected chi connectivity index (χ4v) is 3.33. The first kappa shape index (κ1) is 20.3. The summed E-state index contributed by atoms with van der Waals surface area (Å²) in [6, 6.07) is 5.73. The summed E-state index contributed by atoms with van der Waals surface area (Å²) in [4.78, 5) is 20.1. The first-order valence-corrected chi connectivity index (χ1v) is 8.08. The molecule has 26 heavy (non-hydrogen) atoms. The monoisotopic (exact) mass is 395 g/mol. The molecule has 0 aromatic heterocycles. The van der Waals surface area contributed by atoms with Gasteiger partial charge in [0.1, 0.15) is 0 Å². The van der Waals surface area contributed by atoms with Crippen LogP contribution in [0.15, 0.2) is 18.2 Å². The Morgan fingerprint density at radius 1 is 1.27 bits per heavy atom. The fourth-order valence-electron chi connectivity index (χ4n) is 3.11. The number of hydrogen-bond donors (Lipinski definition) is 3. The number of carboxylic acid groups (broad SMARTS) is 2. The summed E-state index contributed by atoms with van der Waals surface area (Å²) in [5.74, 6) is -3.90. The Kier molecular flexibility index (Phi) is 6.02. The molecule has 3 N–H and O–H groups in total. The van der Waals surface area contributed by atoms with Crippen LogP contribution in [-0.4, -0.2) is 46.6 Å². The van der Waals surface area contributed by atoms with Crippen LogP contribution in [0.2, 0.25) is 5.02 Å². The Morgan fingerprint density at radius 2 is 1.88 bits per heavy atom. The molecule has 2 aliphatic heterocycles. The highest BCUT2D eigenvalue weighted by Gasteiger charge is 2.50. The van der Waals surface area contributed by atoms with Crippen molar-refractivity contribution in [3.63, 3.8) is 0 Å². The summed E-state index contributed by atoms with van der Waals surface area (Å²) in [5, 5.41) is 20.4. The van der Waals surface area contributed by atoms with Crippen LogP contribution in [0.4, 0.5) is 18.9 Å². The lowest BCUT2D eigenvalue weighted by Crippen LogP contribution is -2.39. The molecule has 2 heterocycles. The highest BCUT2D eigenvalue weighted by Crippen LogP contribution is 2.40. The van der Waals surface area contributed by atoms with Gasteiger partial charge in [-0.25, -0.2) is 4.79 Å². The van der Waals surface area contributed by atoms with Gasteiger partial charge in [-0.1, -0.05) is 11.6 Å². The van der Waals surface area contributed by atoms with Crippen molar-refractivity contribution < 1.29 is 37.7 Å². The maximum absolute atomic E-state index is 11.2. The summed E-state index contributed by atoms with van der Waals surface area (Å²) in [6.07, 6.45) is -3.72. The lowest BCUT2D eigenvalue weighted by atomic mass is 9.85. The Hall–Kier alpha value is -2.00. The van der Waals surface area contributed by atoms with Gasteiger partial charge >= 0.3 is 18.1 Å². The van der Waals surface area contributed by atoms with E-state index in [9.17, 15) is 23.1 Å². The van der Waals surface area contributed by atoms with Gasteiger partial charge in [-0.05, 0) is 43.5 Å². The average molecular weight is 396 g/mol. The van der Waals surface area contributed by atoms with Crippen LogP contribution in [-0.2, 0) is 14.3 Å². The number of rotatable bonds is 3. The Morgan fingerprint density at radius 3 is 2.35 bits per heavy atom. The fraction of sp³-hybridized carbons (Fsp3) is 0.500. The quantitative estimate of drug-likeness (QED) is 0.726. The summed E-state index contributed by atoms with van der Waals surface area (Å²) < 4.78 is 37.5. The topological polar surface area (TPSA) is 95.9 Å². The molecule has 0 amide bonds. The molecule has 2 bridgehead atoms. The Bertz CT molecular complexity index is 697. The second kappa shape index (κ2) is 7.71. The number of anilines is 1. The first-order chi connectivity index (χ1) is 12.0. The van der Waals surface area contributed by atoms with Crippen molar-refractivity contribution in [1.29, 1.82) is 0 Å². The molecule has 1 unspecified atom stereocenters. The lowest BCUT2D eigenvalue weighted by Gasteiger charge is -2.26. The SMILES string of the molecule is Cc1cc(Cl)ccc1NC1C[C@@H]2C[C@H](C(=O)O)[C@H]1O2.O=C(O)C(F)(F)F. The largest absolute Gasteiger partial charge is 0.490 e. The average Bonchev–Trinajstić information content (AvgIpc) is 3.10. The second-order valence-electron chi connectivity index (χ2n) is 6.15. The van der Waals surface area contributed by atoms with Crippen LogP contribution in [0, 0.1) is 12.8 Å². The highest BCUT2D eigenvalue weighted by molar-refractivity contribution is 6.30. The van der Waals surface area contributed by atoms with E-state index in [0.29, 0.717) is 11.4 Å². The minimum atomic E-state index is -5.08. The molecule has 3 rings (SSSR count). The standard InChI is InChI=1S/C14H16ClNO3.C2HF3O2/c1-7-4-8(15)2-3-11(7)16-12-6-9-5-10(14(17)18)13(12)19-9;3-2(4,5)1(6)7/h2-4,9-10,12-13,16H,5-6H2,1H3,(H,17,18);(H,6,7)/t9-,10-,12?,13+;/m0./s1. The molecule has 2 fully saturated rings. The number of aryl methyl sites for hydroxylation is 1. The second-order valence-corrected chi connectivity index (χ2v) is 6.59. The maximum atomic E-state index is 11.2. The molecule has 2 saturated heterocycles. The van der Waals surface area contributed by atoms with Crippen LogP contribution in [0.1, 0.15) is 18.4 Å². The van der Waals surface area contributed by atoms with Gasteiger partial charge in [0.25, 0.3) is 0 Å². The van der Waals surface area contributed by atoms with Crippen LogP contribution in [0.25, 0.3) is 0 Å². The van der Waals surface area contributed by atoms with Gasteiger partial charge in [-0.3, -0.25) is 4.79 Å². The smallest absolute Gasteiger partial charge is 0.481 e. The Labute approximate surface area is 151 Å². The van der Waals surface area contributed by atoms with Gasteiger partial charge < -0.3 is 20.3 Å². The first-order valence-electron chi connectivity index (χ1n) is 7.70.